The van der Waals surface area contributed by atoms with Crippen molar-refractivity contribution in [1.29, 1.82) is 0 Å². The van der Waals surface area contributed by atoms with Crippen LogP contribution < -0.4 is 9.47 Å². The number of ether oxygens (including phenoxy) is 2. The van der Waals surface area contributed by atoms with Crippen molar-refractivity contribution in [3.05, 3.63) is 35.9 Å². The van der Waals surface area contributed by atoms with Gasteiger partial charge in [-0.2, -0.15) is 10.1 Å². The number of nitrogens with zero attached hydrogens (tertiary/aromatic N) is 2. The molecule has 0 aromatic heterocycles. The Morgan fingerprint density at radius 3 is 2.41 bits per heavy atom. The van der Waals surface area contributed by atoms with Crippen LogP contribution in [0.2, 0.25) is 0 Å². The van der Waals surface area contributed by atoms with E-state index in [1.54, 1.807) is 0 Å². The summed E-state index contributed by atoms with van der Waals surface area (Å²) in [5, 5.41) is 5.27. The molecule has 6 heteroatoms. The zero-order valence-corrected chi connectivity index (χ0v) is 15.8. The Kier molecular flexibility index (Phi) is 4.50. The fraction of sp³-hybridized carbons (Fsp3) is 0.476. The summed E-state index contributed by atoms with van der Waals surface area (Å²) in [6, 6.07) is 5.46. The molecule has 1 saturated heterocycles. The second-order valence-corrected chi connectivity index (χ2v) is 7.54. The Labute approximate surface area is 158 Å². The van der Waals surface area contributed by atoms with E-state index in [0.717, 1.165) is 17.0 Å². The van der Waals surface area contributed by atoms with Gasteiger partial charge >= 0.3 is 0 Å². The highest BCUT2D eigenvalue weighted by atomic mass is 16.5. The van der Waals surface area contributed by atoms with Crippen LogP contribution >= 0.6 is 0 Å². The molecule has 0 radical (unpaired) electrons. The van der Waals surface area contributed by atoms with Gasteiger partial charge in [-0.3, -0.25) is 9.59 Å². The van der Waals surface area contributed by atoms with E-state index in [4.69, 9.17) is 9.47 Å². The molecule has 6 nitrogen and oxygen atoms in total. The molecule has 1 aromatic rings. The molecule has 4 atom stereocenters. The summed E-state index contributed by atoms with van der Waals surface area (Å²) in [5.41, 5.74) is 0.744. The number of hydrogen-bond acceptors (Lipinski definition) is 5. The average Bonchev–Trinajstić information content (AvgIpc) is 3.30. The van der Waals surface area contributed by atoms with Gasteiger partial charge in [-0.1, -0.05) is 12.2 Å². The number of hydrogen-bond donors (Lipinski definition) is 0. The Balaban J connectivity index is 1.54. The van der Waals surface area contributed by atoms with Crippen LogP contribution in [-0.4, -0.2) is 35.7 Å². The summed E-state index contributed by atoms with van der Waals surface area (Å²) in [5.74, 6) is 0.840. The van der Waals surface area contributed by atoms with Crippen molar-refractivity contribution in [2.75, 3.05) is 6.61 Å². The average molecular weight is 368 g/mol. The molecule has 2 bridgehead atoms. The van der Waals surface area contributed by atoms with Crippen molar-refractivity contribution in [2.45, 2.75) is 33.3 Å². The van der Waals surface area contributed by atoms with Gasteiger partial charge in [0, 0.05) is 0 Å². The van der Waals surface area contributed by atoms with Gasteiger partial charge in [-0.15, -0.1) is 0 Å². The van der Waals surface area contributed by atoms with Crippen molar-refractivity contribution < 1.29 is 19.1 Å². The summed E-state index contributed by atoms with van der Waals surface area (Å²) in [6.45, 7) is 6.32. The minimum Gasteiger partial charge on any atom is -0.490 e. The van der Waals surface area contributed by atoms with Gasteiger partial charge in [-0.05, 0) is 62.8 Å². The Bertz CT molecular complexity index is 799. The number of rotatable bonds is 6. The molecule has 2 fully saturated rings. The monoisotopic (exact) mass is 368 g/mol. The number of benzene rings is 1. The lowest BCUT2D eigenvalue weighted by molar-refractivity contribution is -0.140. The van der Waals surface area contributed by atoms with E-state index in [0.29, 0.717) is 18.1 Å². The number of carbonyl (C=O) groups excluding carboxylic acids is 2. The molecule has 3 aliphatic rings. The first-order valence-corrected chi connectivity index (χ1v) is 9.53. The number of fused-ring (bicyclic) bond motifs is 5. The minimum atomic E-state index is -0.231. The highest BCUT2D eigenvalue weighted by Gasteiger charge is 2.59. The smallest absolute Gasteiger partial charge is 0.254 e. The third-order valence-corrected chi connectivity index (χ3v) is 5.40. The third-order valence-electron chi connectivity index (χ3n) is 5.40. The molecule has 1 saturated carbocycles. The largest absolute Gasteiger partial charge is 0.490 e. The Morgan fingerprint density at radius 2 is 1.81 bits per heavy atom. The summed E-state index contributed by atoms with van der Waals surface area (Å²) < 4.78 is 11.4. The molecule has 1 heterocycles. The molecule has 142 valence electrons. The first-order valence-electron chi connectivity index (χ1n) is 9.53. The maximum atomic E-state index is 12.7. The van der Waals surface area contributed by atoms with Gasteiger partial charge in [0.05, 0.1) is 30.8 Å². The van der Waals surface area contributed by atoms with Crippen LogP contribution in [0.1, 0.15) is 32.8 Å². The van der Waals surface area contributed by atoms with Gasteiger partial charge in [0.25, 0.3) is 11.8 Å². The number of allylic oxidation sites excluding steroid dienone is 2. The van der Waals surface area contributed by atoms with Gasteiger partial charge in [0.1, 0.15) is 0 Å². The molecule has 1 aliphatic heterocycles. The van der Waals surface area contributed by atoms with Crippen molar-refractivity contribution in [3.8, 4) is 11.5 Å². The lowest BCUT2D eigenvalue weighted by atomic mass is 9.85. The molecular formula is C21H24N2O4. The van der Waals surface area contributed by atoms with Crippen LogP contribution in [0.5, 0.6) is 11.5 Å². The van der Waals surface area contributed by atoms with E-state index < -0.39 is 0 Å². The van der Waals surface area contributed by atoms with Gasteiger partial charge < -0.3 is 9.47 Å². The van der Waals surface area contributed by atoms with Crippen LogP contribution in [-0.2, 0) is 9.59 Å². The third kappa shape index (κ3) is 3.03. The summed E-state index contributed by atoms with van der Waals surface area (Å²) in [4.78, 5) is 25.3. The van der Waals surface area contributed by atoms with E-state index in [9.17, 15) is 9.59 Å². The molecule has 0 spiro atoms. The summed E-state index contributed by atoms with van der Waals surface area (Å²) in [7, 11) is 0. The van der Waals surface area contributed by atoms with E-state index >= 15 is 0 Å². The second-order valence-electron chi connectivity index (χ2n) is 7.54. The van der Waals surface area contributed by atoms with E-state index in [1.807, 2.05) is 39.0 Å². The zero-order chi connectivity index (χ0) is 19.1. The first kappa shape index (κ1) is 17.8. The lowest BCUT2D eigenvalue weighted by Crippen LogP contribution is -2.28. The maximum absolute atomic E-state index is 12.7. The van der Waals surface area contributed by atoms with Crippen LogP contribution in [0.3, 0.4) is 0 Å². The van der Waals surface area contributed by atoms with Crippen LogP contribution in [0, 0.1) is 23.7 Å². The fourth-order valence-electron chi connectivity index (χ4n) is 4.35. The summed E-state index contributed by atoms with van der Waals surface area (Å²) >= 11 is 0. The Morgan fingerprint density at radius 1 is 1.15 bits per heavy atom. The number of imide groups is 1. The molecule has 1 aromatic carbocycles. The Hall–Kier alpha value is -2.63. The van der Waals surface area contributed by atoms with Gasteiger partial charge in [0.2, 0.25) is 0 Å². The van der Waals surface area contributed by atoms with Crippen molar-refractivity contribution >= 4 is 18.0 Å². The first-order chi connectivity index (χ1) is 13.0. The molecular weight excluding hydrogens is 344 g/mol. The molecule has 0 N–H and O–H groups in total. The number of amides is 2. The zero-order valence-electron chi connectivity index (χ0n) is 15.8. The van der Waals surface area contributed by atoms with E-state index in [-0.39, 0.29) is 41.6 Å². The molecule has 4 rings (SSSR count). The highest BCUT2D eigenvalue weighted by molar-refractivity contribution is 6.06. The predicted octanol–water partition coefficient (Wildman–Crippen LogP) is 3.01. The van der Waals surface area contributed by atoms with E-state index in [1.165, 1.54) is 6.21 Å². The van der Waals surface area contributed by atoms with Gasteiger partial charge in [-0.25, -0.2) is 0 Å². The van der Waals surface area contributed by atoms with E-state index in [2.05, 4.69) is 17.3 Å². The maximum Gasteiger partial charge on any atom is 0.254 e. The molecule has 2 amide bonds. The van der Waals surface area contributed by atoms with Gasteiger partial charge in [0.15, 0.2) is 11.5 Å². The second kappa shape index (κ2) is 6.83. The van der Waals surface area contributed by atoms with Crippen molar-refractivity contribution in [1.82, 2.24) is 5.01 Å². The number of carbonyl (C=O) groups is 2. The van der Waals surface area contributed by atoms with Crippen molar-refractivity contribution in [2.24, 2.45) is 28.8 Å². The predicted molar refractivity (Wildman–Crippen MR) is 101 cm³/mol. The minimum absolute atomic E-state index is 0.0342. The topological polar surface area (TPSA) is 68.2 Å². The van der Waals surface area contributed by atoms with Crippen LogP contribution in [0.4, 0.5) is 0 Å². The SMILES string of the molecule is CCOc1cc(C=NN2C(=O)C3C4C=CC(C4)C3C2=O)ccc1OC(C)C. The van der Waals surface area contributed by atoms with Crippen LogP contribution in [0.25, 0.3) is 0 Å². The molecule has 2 aliphatic carbocycles. The number of hydrazone groups is 1. The normalized spacial score (nSPS) is 28.7. The fourth-order valence-corrected chi connectivity index (χ4v) is 4.35. The van der Waals surface area contributed by atoms with Crippen molar-refractivity contribution in [3.63, 3.8) is 0 Å². The lowest BCUT2D eigenvalue weighted by Gasteiger charge is -2.15. The van der Waals surface area contributed by atoms with Crippen LogP contribution in [0.15, 0.2) is 35.5 Å². The standard InChI is InChI=1S/C21H24N2O4/c1-4-26-17-9-13(5-8-16(17)27-12(2)3)11-22-23-20(24)18-14-6-7-15(10-14)19(18)21(23)25/h5-9,11-12,14-15,18-19H,4,10H2,1-3H3. The summed E-state index contributed by atoms with van der Waals surface area (Å²) in [6.07, 6.45) is 6.64. The quantitative estimate of drug-likeness (QED) is 0.440. The molecule has 4 unspecified atom stereocenters. The molecule has 27 heavy (non-hydrogen) atoms. The highest BCUT2D eigenvalue weighted by Crippen LogP contribution is 2.52.